The van der Waals surface area contributed by atoms with E-state index in [-0.39, 0.29) is 12.4 Å². The molecule has 1 heterocycles. The first-order valence-corrected chi connectivity index (χ1v) is 11.1. The van der Waals surface area contributed by atoms with Gasteiger partial charge in [0.1, 0.15) is 36.2 Å². The summed E-state index contributed by atoms with van der Waals surface area (Å²) in [5.41, 5.74) is 1.24. The van der Waals surface area contributed by atoms with E-state index in [0.717, 1.165) is 5.56 Å². The molecule has 0 saturated carbocycles. The van der Waals surface area contributed by atoms with Crippen LogP contribution in [-0.2, 0) is 16.6 Å². The lowest BCUT2D eigenvalue weighted by Crippen LogP contribution is -2.21. The predicted octanol–water partition coefficient (Wildman–Crippen LogP) is 4.14. The molecule has 1 aromatic heterocycles. The van der Waals surface area contributed by atoms with Gasteiger partial charge in [0.2, 0.25) is 10.0 Å². The Morgan fingerprint density at radius 2 is 1.80 bits per heavy atom. The topological polar surface area (TPSA) is 86.8 Å². The molecule has 0 unspecified atom stereocenters. The molecule has 0 atom stereocenters. The van der Waals surface area contributed by atoms with Crippen LogP contribution in [0.25, 0.3) is 0 Å². The summed E-state index contributed by atoms with van der Waals surface area (Å²) in [7, 11) is -2.04. The van der Waals surface area contributed by atoms with Crippen LogP contribution in [0.1, 0.15) is 5.56 Å². The second-order valence-electron chi connectivity index (χ2n) is 6.24. The number of halogens is 1. The zero-order valence-corrected chi connectivity index (χ0v) is 17.8. The largest absolute Gasteiger partial charge is 0.497 e. The van der Waals surface area contributed by atoms with Gasteiger partial charge in [-0.05, 0) is 48.5 Å². The third kappa shape index (κ3) is 6.53. The molecule has 30 heavy (non-hydrogen) atoms. The predicted molar refractivity (Wildman–Crippen MR) is 116 cm³/mol. The smallest absolute Gasteiger partial charge is 0.236 e. The maximum atomic E-state index is 12.3. The van der Waals surface area contributed by atoms with Crippen molar-refractivity contribution in [3.05, 3.63) is 77.6 Å². The number of ether oxygens (including phenoxy) is 3. The Kier molecular flexibility index (Phi) is 7.37. The molecule has 158 valence electrons. The molecular formula is C21H21ClN2O5S. The molecule has 0 fully saturated rings. The highest BCUT2D eigenvalue weighted by Crippen LogP contribution is 2.29. The van der Waals surface area contributed by atoms with E-state index in [9.17, 15) is 8.42 Å². The Hall–Kier alpha value is -2.97. The van der Waals surface area contributed by atoms with Gasteiger partial charge in [-0.3, -0.25) is 9.71 Å². The van der Waals surface area contributed by atoms with Crippen LogP contribution in [0.3, 0.4) is 0 Å². The number of hydrogen-bond acceptors (Lipinski definition) is 6. The zero-order chi connectivity index (χ0) is 21.4. The molecule has 0 aliphatic heterocycles. The number of pyridine rings is 1. The van der Waals surface area contributed by atoms with Gasteiger partial charge in [0.25, 0.3) is 0 Å². The minimum atomic E-state index is -3.61. The molecular weight excluding hydrogens is 428 g/mol. The first kappa shape index (κ1) is 21.7. The zero-order valence-electron chi connectivity index (χ0n) is 16.2. The van der Waals surface area contributed by atoms with E-state index in [0.29, 0.717) is 34.6 Å². The summed E-state index contributed by atoms with van der Waals surface area (Å²) < 4.78 is 43.3. The van der Waals surface area contributed by atoms with Crippen LogP contribution in [0, 0.1) is 0 Å². The highest BCUT2D eigenvalue weighted by Gasteiger charge is 2.13. The fourth-order valence-electron chi connectivity index (χ4n) is 2.50. The number of sulfonamides is 1. The summed E-state index contributed by atoms with van der Waals surface area (Å²) in [6.07, 6.45) is 3.38. The van der Waals surface area contributed by atoms with Crippen LogP contribution in [0.2, 0.25) is 5.02 Å². The summed E-state index contributed by atoms with van der Waals surface area (Å²) >= 11 is 6.22. The minimum Gasteiger partial charge on any atom is -0.497 e. The second-order valence-corrected chi connectivity index (χ2v) is 8.49. The van der Waals surface area contributed by atoms with Gasteiger partial charge >= 0.3 is 0 Å². The molecule has 0 aliphatic rings. The van der Waals surface area contributed by atoms with E-state index in [1.165, 1.54) is 6.07 Å². The molecule has 1 N–H and O–H groups in total. The maximum Gasteiger partial charge on any atom is 0.236 e. The molecule has 0 amide bonds. The lowest BCUT2D eigenvalue weighted by atomic mass is 10.3. The van der Waals surface area contributed by atoms with Gasteiger partial charge in [-0.1, -0.05) is 17.7 Å². The Bertz CT molecular complexity index is 1060. The van der Waals surface area contributed by atoms with Crippen LogP contribution >= 0.6 is 11.6 Å². The normalized spacial score (nSPS) is 11.0. The number of benzene rings is 2. The van der Waals surface area contributed by atoms with Gasteiger partial charge < -0.3 is 14.2 Å². The van der Waals surface area contributed by atoms with E-state index >= 15 is 0 Å². The molecule has 9 heteroatoms. The Balaban J connectivity index is 1.51. The van der Waals surface area contributed by atoms with Crippen molar-refractivity contribution in [3.63, 3.8) is 0 Å². The average Bonchev–Trinajstić information content (AvgIpc) is 2.74. The van der Waals surface area contributed by atoms with Crippen molar-refractivity contribution in [3.8, 4) is 17.2 Å². The van der Waals surface area contributed by atoms with Crippen molar-refractivity contribution >= 4 is 27.3 Å². The van der Waals surface area contributed by atoms with E-state index in [2.05, 4.69) is 9.71 Å². The molecule has 7 nitrogen and oxygen atoms in total. The lowest BCUT2D eigenvalue weighted by molar-refractivity contribution is 0.306. The van der Waals surface area contributed by atoms with Gasteiger partial charge in [-0.25, -0.2) is 8.42 Å². The average molecular weight is 449 g/mol. The van der Waals surface area contributed by atoms with Gasteiger partial charge in [0, 0.05) is 18.0 Å². The number of hydrogen-bond donors (Lipinski definition) is 1. The molecule has 0 aliphatic carbocycles. The Labute approximate surface area is 180 Å². The standard InChI is InChI=1S/C21H21ClN2O5S/c1-27-18-5-7-19(8-6-18)28-11-12-30(25,26)24-17-4-9-21(20(22)13-17)29-15-16-3-2-10-23-14-16/h2-10,13-14,24H,11-12,15H2,1H3. The number of rotatable bonds is 10. The summed E-state index contributed by atoms with van der Waals surface area (Å²) in [5.74, 6) is 1.49. The summed E-state index contributed by atoms with van der Waals surface area (Å²) in [5, 5.41) is 0.300. The van der Waals surface area contributed by atoms with E-state index in [4.69, 9.17) is 25.8 Å². The van der Waals surface area contributed by atoms with Crippen molar-refractivity contribution < 1.29 is 22.6 Å². The highest BCUT2D eigenvalue weighted by atomic mass is 35.5. The molecule has 0 spiro atoms. The van der Waals surface area contributed by atoms with Crippen molar-refractivity contribution in [1.29, 1.82) is 0 Å². The van der Waals surface area contributed by atoms with Crippen LogP contribution in [0.4, 0.5) is 5.69 Å². The molecule has 3 aromatic rings. The number of aromatic nitrogens is 1. The second kappa shape index (κ2) is 10.2. The fraction of sp³-hybridized carbons (Fsp3) is 0.190. The molecule has 0 saturated heterocycles. The van der Waals surface area contributed by atoms with Gasteiger partial charge in [0.05, 0.1) is 17.8 Å². The number of nitrogens with one attached hydrogen (secondary N) is 1. The third-order valence-electron chi connectivity index (χ3n) is 4.00. The van der Waals surface area contributed by atoms with Crippen LogP contribution < -0.4 is 18.9 Å². The third-order valence-corrected chi connectivity index (χ3v) is 5.55. The van der Waals surface area contributed by atoms with Crippen molar-refractivity contribution in [2.24, 2.45) is 0 Å². The number of methoxy groups -OCH3 is 1. The van der Waals surface area contributed by atoms with Gasteiger partial charge in [-0.15, -0.1) is 0 Å². The van der Waals surface area contributed by atoms with Crippen LogP contribution in [-0.4, -0.2) is 32.9 Å². The highest BCUT2D eigenvalue weighted by molar-refractivity contribution is 7.92. The van der Waals surface area contributed by atoms with Crippen LogP contribution in [0.5, 0.6) is 17.2 Å². The van der Waals surface area contributed by atoms with E-state index in [1.807, 2.05) is 12.1 Å². The van der Waals surface area contributed by atoms with Gasteiger partial charge in [-0.2, -0.15) is 0 Å². The summed E-state index contributed by atoms with van der Waals surface area (Å²) in [6.45, 7) is 0.309. The molecule has 0 bridgehead atoms. The maximum absolute atomic E-state index is 12.3. The quantitative estimate of drug-likeness (QED) is 0.501. The summed E-state index contributed by atoms with van der Waals surface area (Å²) in [6, 6.07) is 15.3. The fourth-order valence-corrected chi connectivity index (χ4v) is 3.62. The first-order valence-electron chi connectivity index (χ1n) is 9.04. The number of anilines is 1. The van der Waals surface area contributed by atoms with Crippen molar-refractivity contribution in [2.75, 3.05) is 24.2 Å². The monoisotopic (exact) mass is 448 g/mol. The molecule has 0 radical (unpaired) electrons. The number of nitrogens with zero attached hydrogens (tertiary/aromatic N) is 1. The van der Waals surface area contributed by atoms with Crippen LogP contribution in [0.15, 0.2) is 67.0 Å². The minimum absolute atomic E-state index is 0.00169. The first-order chi connectivity index (χ1) is 14.4. The molecule has 2 aromatic carbocycles. The van der Waals surface area contributed by atoms with E-state index < -0.39 is 10.0 Å². The van der Waals surface area contributed by atoms with E-state index in [1.54, 1.807) is 55.9 Å². The molecule has 3 rings (SSSR count). The lowest BCUT2D eigenvalue weighted by Gasteiger charge is -2.12. The van der Waals surface area contributed by atoms with Crippen molar-refractivity contribution in [2.45, 2.75) is 6.61 Å². The SMILES string of the molecule is COc1ccc(OCCS(=O)(=O)Nc2ccc(OCc3cccnc3)c(Cl)c2)cc1. The Morgan fingerprint density at radius 1 is 1.03 bits per heavy atom. The Morgan fingerprint density at radius 3 is 2.47 bits per heavy atom. The summed E-state index contributed by atoms with van der Waals surface area (Å²) in [4.78, 5) is 4.02. The van der Waals surface area contributed by atoms with Crippen molar-refractivity contribution in [1.82, 2.24) is 4.98 Å². The van der Waals surface area contributed by atoms with Gasteiger partial charge in [0.15, 0.2) is 0 Å².